The van der Waals surface area contributed by atoms with E-state index in [9.17, 15) is 0 Å². The quantitative estimate of drug-likeness (QED) is 0.339. The fourth-order valence-electron chi connectivity index (χ4n) is 0. The van der Waals surface area contributed by atoms with Gasteiger partial charge in [0, 0.05) is 0 Å². The average molecular weight is 85.0 g/mol. The minimum Gasteiger partial charge on any atom is -0.101 e. The molecular weight excluding hydrogens is 78.9 g/mol. The van der Waals surface area contributed by atoms with Gasteiger partial charge < -0.3 is 0 Å². The van der Waals surface area contributed by atoms with E-state index >= 15 is 0 Å². The van der Waals surface area contributed by atoms with Gasteiger partial charge in [0.05, 0.1) is 0 Å². The van der Waals surface area contributed by atoms with E-state index in [1.165, 1.54) is 0 Å². The molecule has 0 aliphatic rings. The van der Waals surface area contributed by atoms with Crippen LogP contribution in [0.1, 0.15) is 6.92 Å². The molecule has 1 radical (unpaired) electrons. The van der Waals surface area contributed by atoms with Crippen molar-refractivity contribution in [1.29, 1.82) is 0 Å². The molecule has 0 saturated carbocycles. The zero-order chi connectivity index (χ0) is 4.28. The van der Waals surface area contributed by atoms with Gasteiger partial charge in [-0.25, -0.2) is 0 Å². The Kier molecular flexibility index (Phi) is 2.47. The molecule has 0 unspecified atom stereocenters. The molecule has 0 fully saturated rings. The lowest BCUT2D eigenvalue weighted by atomic mass is 9.79. The molecule has 0 saturated heterocycles. The van der Waals surface area contributed by atoms with Gasteiger partial charge in [0.1, 0.15) is 0 Å². The molecule has 0 aliphatic carbocycles. The van der Waals surface area contributed by atoms with E-state index in [1.807, 2.05) is 21.0 Å². The van der Waals surface area contributed by atoms with Crippen LogP contribution < -0.4 is 0 Å². The fourth-order valence-corrected chi connectivity index (χ4v) is 0. The molecular formula is C3H6BS. The molecule has 0 amide bonds. The first-order valence-corrected chi connectivity index (χ1v) is 1.98. The van der Waals surface area contributed by atoms with Crippen molar-refractivity contribution in [2.45, 2.75) is 13.7 Å². The van der Waals surface area contributed by atoms with Gasteiger partial charge in [0.15, 0.2) is 7.28 Å². The molecule has 27 valence electrons. The van der Waals surface area contributed by atoms with Crippen molar-refractivity contribution < 1.29 is 0 Å². The summed E-state index contributed by atoms with van der Waals surface area (Å²) in [6.45, 7) is 3.83. The van der Waals surface area contributed by atoms with Crippen LogP contribution in [0.3, 0.4) is 0 Å². The molecule has 0 aromatic heterocycles. The van der Waals surface area contributed by atoms with Crippen molar-refractivity contribution in [3.63, 3.8) is 0 Å². The second kappa shape index (κ2) is 2.40. The highest BCUT2D eigenvalue weighted by Crippen LogP contribution is 1.65. The van der Waals surface area contributed by atoms with Gasteiger partial charge in [-0.3, -0.25) is 0 Å². The van der Waals surface area contributed by atoms with E-state index in [-0.39, 0.29) is 0 Å². The highest BCUT2D eigenvalue weighted by molar-refractivity contribution is 7.83. The highest BCUT2D eigenvalue weighted by Gasteiger charge is 1.74. The largest absolute Gasteiger partial charge is 0.157 e. The Morgan fingerprint density at radius 3 is 2.00 bits per heavy atom. The smallest absolute Gasteiger partial charge is 0.101 e. The second-order valence-corrected chi connectivity index (χ2v) is 1.54. The number of hydrogen-bond acceptors (Lipinski definition) is 1. The van der Waals surface area contributed by atoms with Crippen molar-refractivity contribution in [2.24, 2.45) is 0 Å². The van der Waals surface area contributed by atoms with Crippen molar-refractivity contribution in [3.05, 3.63) is 0 Å². The summed E-state index contributed by atoms with van der Waals surface area (Å²) in [4.78, 5) is 0. The molecule has 0 heterocycles. The topological polar surface area (TPSA) is 0 Å². The normalized spacial score (nSPS) is 6.80. The van der Waals surface area contributed by atoms with Gasteiger partial charge >= 0.3 is 0 Å². The maximum Gasteiger partial charge on any atom is 0.157 e. The van der Waals surface area contributed by atoms with Gasteiger partial charge in [-0.2, -0.15) is 0 Å². The molecule has 0 atom stereocenters. The van der Waals surface area contributed by atoms with Crippen LogP contribution in [0.25, 0.3) is 0 Å². The summed E-state index contributed by atoms with van der Waals surface area (Å²) < 4.78 is 0.963. The molecule has 0 bridgehead atoms. The van der Waals surface area contributed by atoms with Crippen LogP contribution in [-0.2, 0) is 0 Å². The van der Waals surface area contributed by atoms with E-state index in [2.05, 4.69) is 12.2 Å². The van der Waals surface area contributed by atoms with Crippen molar-refractivity contribution in [2.75, 3.05) is 0 Å². The predicted octanol–water partition coefficient (Wildman–Crippen LogP) is 1.09. The molecule has 0 aromatic rings. The average Bonchev–Trinajstić information content (AvgIpc) is 1.38. The Morgan fingerprint density at radius 1 is 1.80 bits per heavy atom. The Bertz CT molecular complexity index is 42.2. The van der Waals surface area contributed by atoms with E-state index < -0.39 is 0 Å². The van der Waals surface area contributed by atoms with E-state index in [0.29, 0.717) is 0 Å². The summed E-state index contributed by atoms with van der Waals surface area (Å²) in [5, 5.41) is 0. The Labute approximate surface area is 38.8 Å². The van der Waals surface area contributed by atoms with Crippen LogP contribution in [0.15, 0.2) is 0 Å². The molecule has 2 heteroatoms. The lowest BCUT2D eigenvalue weighted by Gasteiger charge is -1.73. The first-order valence-electron chi connectivity index (χ1n) is 1.57. The number of thiocarbonyl (C=S) groups is 1. The van der Waals surface area contributed by atoms with Gasteiger partial charge in [0.25, 0.3) is 0 Å². The lowest BCUT2D eigenvalue weighted by Crippen LogP contribution is -1.91. The minimum atomic E-state index is 0.963. The van der Waals surface area contributed by atoms with E-state index in [4.69, 9.17) is 0 Å². The Morgan fingerprint density at radius 2 is 2.00 bits per heavy atom. The molecule has 0 aromatic carbocycles. The molecule has 0 aliphatic heterocycles. The molecule has 0 spiro atoms. The zero-order valence-corrected chi connectivity index (χ0v) is 4.30. The zero-order valence-electron chi connectivity index (χ0n) is 3.49. The molecule has 0 N–H and O–H groups in total. The van der Waals surface area contributed by atoms with Crippen LogP contribution in [0, 0.1) is 0 Å². The number of rotatable bonds is 1. The summed E-state index contributed by atoms with van der Waals surface area (Å²) in [5.74, 6) is 0. The van der Waals surface area contributed by atoms with Gasteiger partial charge in [0.2, 0.25) is 0 Å². The summed E-state index contributed by atoms with van der Waals surface area (Å²) in [6, 6.07) is 0. The SMILES string of the molecule is C[B]C(C)=S. The first kappa shape index (κ1) is 5.15. The van der Waals surface area contributed by atoms with Crippen molar-refractivity contribution in [3.8, 4) is 0 Å². The molecule has 0 nitrogen and oxygen atoms in total. The predicted molar refractivity (Wildman–Crippen MR) is 29.9 cm³/mol. The molecule has 0 rings (SSSR count). The summed E-state index contributed by atoms with van der Waals surface area (Å²) in [6.07, 6.45) is 0. The third-order valence-electron chi connectivity index (χ3n) is 0.407. The van der Waals surface area contributed by atoms with E-state index in [1.54, 1.807) is 0 Å². The monoisotopic (exact) mass is 85.0 g/mol. The third kappa shape index (κ3) is 4.15. The van der Waals surface area contributed by atoms with E-state index in [0.717, 1.165) is 4.76 Å². The highest BCUT2D eigenvalue weighted by atomic mass is 32.1. The van der Waals surface area contributed by atoms with Gasteiger partial charge in [-0.1, -0.05) is 11.6 Å². The van der Waals surface area contributed by atoms with Crippen LogP contribution in [0.2, 0.25) is 6.82 Å². The maximum atomic E-state index is 4.64. The minimum absolute atomic E-state index is 0.963. The van der Waals surface area contributed by atoms with Crippen molar-refractivity contribution >= 4 is 24.3 Å². The van der Waals surface area contributed by atoms with Crippen LogP contribution in [0.4, 0.5) is 0 Å². The van der Waals surface area contributed by atoms with Crippen LogP contribution >= 0.6 is 12.2 Å². The summed E-state index contributed by atoms with van der Waals surface area (Å²) >= 11 is 4.64. The lowest BCUT2D eigenvalue weighted by molar-refractivity contribution is 2.08. The van der Waals surface area contributed by atoms with Crippen LogP contribution in [-0.4, -0.2) is 12.0 Å². The van der Waals surface area contributed by atoms with Gasteiger partial charge in [-0.05, 0) is 6.92 Å². The number of hydrogen-bond donors (Lipinski definition) is 0. The second-order valence-electron chi connectivity index (χ2n) is 0.899. The Hall–Kier alpha value is 0.155. The molecule has 5 heavy (non-hydrogen) atoms. The Balaban J connectivity index is 2.85. The standard InChI is InChI=1S/C3H6BS/c1-3(5)4-2/h1-2H3. The third-order valence-corrected chi connectivity index (χ3v) is 0.642. The fraction of sp³-hybridized carbons (Fsp3) is 0.667. The van der Waals surface area contributed by atoms with Gasteiger partial charge in [-0.15, -0.1) is 12.2 Å². The van der Waals surface area contributed by atoms with Crippen molar-refractivity contribution in [1.82, 2.24) is 0 Å². The summed E-state index contributed by atoms with van der Waals surface area (Å²) in [5.41, 5.74) is 0. The van der Waals surface area contributed by atoms with Crippen LogP contribution in [0.5, 0.6) is 0 Å². The maximum absolute atomic E-state index is 4.64. The first-order chi connectivity index (χ1) is 2.27. The summed E-state index contributed by atoms with van der Waals surface area (Å²) in [7, 11) is 1.90.